The maximum absolute atomic E-state index is 2.48. The van der Waals surface area contributed by atoms with Crippen molar-refractivity contribution in [2.45, 2.75) is 25.7 Å². The smallest absolute Gasteiger partial charge is 0.0200 e. The highest BCUT2D eigenvalue weighted by molar-refractivity contribution is 8.01. The van der Waals surface area contributed by atoms with E-state index in [1.165, 1.54) is 31.4 Å². The highest BCUT2D eigenvalue weighted by Gasteiger charge is 2.29. The van der Waals surface area contributed by atoms with Gasteiger partial charge in [0.1, 0.15) is 0 Å². The summed E-state index contributed by atoms with van der Waals surface area (Å²) in [4.78, 5) is 0. The summed E-state index contributed by atoms with van der Waals surface area (Å²) in [5.41, 5.74) is 0. The van der Waals surface area contributed by atoms with Gasteiger partial charge in [-0.3, -0.25) is 0 Å². The van der Waals surface area contributed by atoms with Crippen molar-refractivity contribution >= 4 is 11.8 Å². The predicted octanol–water partition coefficient (Wildman–Crippen LogP) is 2.70. The molecule has 1 heterocycles. The molecule has 0 N–H and O–H groups in total. The van der Waals surface area contributed by atoms with E-state index < -0.39 is 0 Å². The zero-order chi connectivity index (χ0) is 6.10. The van der Waals surface area contributed by atoms with E-state index in [4.69, 9.17) is 0 Å². The normalized spacial score (nSPS) is 42.7. The Kier molecular flexibility index (Phi) is 1.71. The Labute approximate surface area is 61.4 Å². The molecule has 2 rings (SSSR count). The fourth-order valence-electron chi connectivity index (χ4n) is 1.93. The molecule has 1 saturated carbocycles. The van der Waals surface area contributed by atoms with Gasteiger partial charge in [0.05, 0.1) is 0 Å². The van der Waals surface area contributed by atoms with Gasteiger partial charge < -0.3 is 0 Å². The van der Waals surface area contributed by atoms with Crippen molar-refractivity contribution in [1.82, 2.24) is 0 Å². The van der Waals surface area contributed by atoms with Crippen molar-refractivity contribution in [3.05, 3.63) is 5.75 Å². The summed E-state index contributed by atoms with van der Waals surface area (Å²) in [6, 6.07) is 0. The largest absolute Gasteiger partial charge is 0.157 e. The van der Waals surface area contributed by atoms with Gasteiger partial charge in [-0.05, 0) is 30.4 Å². The van der Waals surface area contributed by atoms with E-state index in [2.05, 4.69) is 17.5 Å². The minimum Gasteiger partial charge on any atom is -0.157 e. The Balaban J connectivity index is 1.97. The summed E-state index contributed by atoms with van der Waals surface area (Å²) >= 11 is 2.05. The SMILES string of the molecule is [CH]1SCC2CCCCC12. The lowest BCUT2D eigenvalue weighted by Gasteiger charge is -2.23. The molecule has 0 aromatic carbocycles. The van der Waals surface area contributed by atoms with Crippen LogP contribution in [0.15, 0.2) is 0 Å². The number of hydrogen-bond acceptors (Lipinski definition) is 1. The standard InChI is InChI=1S/C8H13S/c1-2-4-8-6-9-5-7(8)3-1/h5,7-8H,1-4,6H2. The van der Waals surface area contributed by atoms with Gasteiger partial charge in [0.2, 0.25) is 0 Å². The van der Waals surface area contributed by atoms with Crippen LogP contribution in [0.3, 0.4) is 0 Å². The van der Waals surface area contributed by atoms with Gasteiger partial charge in [-0.25, -0.2) is 0 Å². The molecule has 2 aliphatic rings. The Hall–Kier alpha value is 0.350. The van der Waals surface area contributed by atoms with E-state index in [0.29, 0.717) is 0 Å². The topological polar surface area (TPSA) is 0 Å². The first-order valence-corrected chi connectivity index (χ1v) is 4.96. The van der Waals surface area contributed by atoms with Crippen LogP contribution in [0.5, 0.6) is 0 Å². The molecule has 1 aliphatic heterocycles. The highest BCUT2D eigenvalue weighted by atomic mass is 32.2. The molecule has 0 aromatic rings. The zero-order valence-corrected chi connectivity index (χ0v) is 6.49. The molecule has 51 valence electrons. The van der Waals surface area contributed by atoms with Crippen LogP contribution < -0.4 is 0 Å². The first kappa shape index (κ1) is 6.09. The van der Waals surface area contributed by atoms with E-state index in [-0.39, 0.29) is 0 Å². The summed E-state index contributed by atoms with van der Waals surface area (Å²) < 4.78 is 0. The summed E-state index contributed by atoms with van der Waals surface area (Å²) in [5.74, 6) is 5.97. The summed E-state index contributed by atoms with van der Waals surface area (Å²) in [6.07, 6.45) is 5.97. The molecule has 0 bridgehead atoms. The molecule has 2 unspecified atom stereocenters. The molecule has 0 amide bonds. The minimum absolute atomic E-state index is 1.00. The molecule has 1 saturated heterocycles. The van der Waals surface area contributed by atoms with Crippen LogP contribution in [0.4, 0.5) is 0 Å². The van der Waals surface area contributed by atoms with Crippen molar-refractivity contribution in [2.75, 3.05) is 5.75 Å². The van der Waals surface area contributed by atoms with E-state index in [9.17, 15) is 0 Å². The first-order chi connectivity index (χ1) is 4.47. The lowest BCUT2D eigenvalue weighted by atomic mass is 9.82. The third-order valence-electron chi connectivity index (χ3n) is 2.55. The third kappa shape index (κ3) is 1.12. The van der Waals surface area contributed by atoms with Crippen LogP contribution >= 0.6 is 11.8 Å². The molecule has 1 radical (unpaired) electrons. The molecular formula is C8H13S. The van der Waals surface area contributed by atoms with Crippen molar-refractivity contribution in [3.8, 4) is 0 Å². The maximum atomic E-state index is 2.48. The average molecular weight is 141 g/mol. The van der Waals surface area contributed by atoms with Gasteiger partial charge in [0.15, 0.2) is 0 Å². The summed E-state index contributed by atoms with van der Waals surface area (Å²) in [5, 5.41) is 0. The van der Waals surface area contributed by atoms with Gasteiger partial charge in [-0.2, -0.15) is 11.8 Å². The van der Waals surface area contributed by atoms with Crippen LogP contribution in [-0.2, 0) is 0 Å². The third-order valence-corrected chi connectivity index (χ3v) is 3.71. The molecule has 0 nitrogen and oxygen atoms in total. The van der Waals surface area contributed by atoms with Crippen molar-refractivity contribution in [3.63, 3.8) is 0 Å². The molecular weight excluding hydrogens is 128 g/mol. The van der Waals surface area contributed by atoms with Crippen LogP contribution in [-0.4, -0.2) is 5.75 Å². The van der Waals surface area contributed by atoms with Crippen LogP contribution in [0.25, 0.3) is 0 Å². The Morgan fingerprint density at radius 2 is 2.11 bits per heavy atom. The quantitative estimate of drug-likeness (QED) is 0.500. The summed E-state index contributed by atoms with van der Waals surface area (Å²) in [6.45, 7) is 0. The number of rotatable bonds is 0. The molecule has 1 aliphatic carbocycles. The van der Waals surface area contributed by atoms with Crippen LogP contribution in [0, 0.1) is 17.6 Å². The average Bonchev–Trinajstić information content (AvgIpc) is 2.33. The maximum Gasteiger partial charge on any atom is 0.0200 e. The lowest BCUT2D eigenvalue weighted by molar-refractivity contribution is 0.315. The van der Waals surface area contributed by atoms with E-state index in [0.717, 1.165) is 11.8 Å². The molecule has 2 fully saturated rings. The van der Waals surface area contributed by atoms with Gasteiger partial charge in [-0.1, -0.05) is 12.8 Å². The summed E-state index contributed by atoms with van der Waals surface area (Å²) in [7, 11) is 0. The van der Waals surface area contributed by atoms with Gasteiger partial charge >= 0.3 is 0 Å². The molecule has 0 spiro atoms. The van der Waals surface area contributed by atoms with Gasteiger partial charge in [0, 0.05) is 5.75 Å². The van der Waals surface area contributed by atoms with Crippen LogP contribution in [0.2, 0.25) is 0 Å². The van der Waals surface area contributed by atoms with E-state index in [1.54, 1.807) is 0 Å². The second-order valence-corrected chi connectivity index (χ2v) is 4.12. The fourth-order valence-corrected chi connectivity index (χ4v) is 3.30. The highest BCUT2D eigenvalue weighted by Crippen LogP contribution is 2.42. The molecule has 0 aromatic heterocycles. The van der Waals surface area contributed by atoms with E-state index >= 15 is 0 Å². The van der Waals surface area contributed by atoms with Crippen molar-refractivity contribution in [1.29, 1.82) is 0 Å². The van der Waals surface area contributed by atoms with Gasteiger partial charge in [0.25, 0.3) is 0 Å². The second kappa shape index (κ2) is 2.53. The number of fused-ring (bicyclic) bond motifs is 1. The fraction of sp³-hybridized carbons (Fsp3) is 0.875. The predicted molar refractivity (Wildman–Crippen MR) is 42.2 cm³/mol. The Morgan fingerprint density at radius 3 is 3.00 bits per heavy atom. The number of thioether (sulfide) groups is 1. The molecule has 1 heteroatoms. The molecule has 2 atom stereocenters. The van der Waals surface area contributed by atoms with Crippen molar-refractivity contribution < 1.29 is 0 Å². The molecule has 9 heavy (non-hydrogen) atoms. The Bertz CT molecular complexity index is 88.7. The zero-order valence-electron chi connectivity index (χ0n) is 5.68. The first-order valence-electron chi connectivity index (χ1n) is 3.92. The van der Waals surface area contributed by atoms with Crippen LogP contribution in [0.1, 0.15) is 25.7 Å². The lowest BCUT2D eigenvalue weighted by Crippen LogP contribution is -2.14. The van der Waals surface area contributed by atoms with E-state index in [1.807, 2.05) is 0 Å². The monoisotopic (exact) mass is 141 g/mol. The Morgan fingerprint density at radius 1 is 1.22 bits per heavy atom. The number of hydrogen-bond donors (Lipinski definition) is 0. The van der Waals surface area contributed by atoms with Gasteiger partial charge in [-0.15, -0.1) is 0 Å². The van der Waals surface area contributed by atoms with Crippen molar-refractivity contribution in [2.24, 2.45) is 11.8 Å². The minimum atomic E-state index is 1.00. The second-order valence-electron chi connectivity index (χ2n) is 3.18.